The molecule has 0 radical (unpaired) electrons. The number of rotatable bonds is 5. The van der Waals surface area contributed by atoms with Crippen molar-refractivity contribution in [1.29, 1.82) is 0 Å². The summed E-state index contributed by atoms with van der Waals surface area (Å²) in [6, 6.07) is 20.0. The largest absolute Gasteiger partial charge is 0.369 e. The van der Waals surface area contributed by atoms with Gasteiger partial charge in [0, 0.05) is 37.6 Å². The van der Waals surface area contributed by atoms with E-state index in [1.165, 1.54) is 22.5 Å². The van der Waals surface area contributed by atoms with Crippen LogP contribution in [0.2, 0.25) is 5.02 Å². The van der Waals surface area contributed by atoms with E-state index >= 15 is 0 Å². The number of hydrogen-bond acceptors (Lipinski definition) is 4. The summed E-state index contributed by atoms with van der Waals surface area (Å²) in [4.78, 5) is 15.2. The van der Waals surface area contributed by atoms with Crippen LogP contribution in [-0.4, -0.2) is 44.8 Å². The van der Waals surface area contributed by atoms with Gasteiger partial charge >= 0.3 is 0 Å². The normalized spacial score (nSPS) is 14.8. The fourth-order valence-electron chi connectivity index (χ4n) is 3.87. The Bertz CT molecular complexity index is 1270. The Morgan fingerprint density at radius 1 is 0.909 bits per heavy atom. The molecule has 1 N–H and O–H groups in total. The average molecular weight is 484 g/mol. The monoisotopic (exact) mass is 483 g/mol. The van der Waals surface area contributed by atoms with Gasteiger partial charge in [-0.2, -0.15) is 4.31 Å². The SMILES string of the molecule is Cc1ccc(C)c(NC(=O)c2cc(S(=O)(=O)N3CCN(c4ccccc4)CC3)ccc2Cl)c1. The number of sulfonamides is 1. The van der Waals surface area contributed by atoms with Gasteiger partial charge in [-0.1, -0.05) is 41.9 Å². The second kappa shape index (κ2) is 9.55. The van der Waals surface area contributed by atoms with Gasteiger partial charge in [0.2, 0.25) is 10.0 Å². The van der Waals surface area contributed by atoms with Crippen LogP contribution in [0.25, 0.3) is 0 Å². The first-order valence-electron chi connectivity index (χ1n) is 10.7. The molecule has 172 valence electrons. The second-order valence-corrected chi connectivity index (χ2v) is 10.5. The van der Waals surface area contributed by atoms with Gasteiger partial charge in [-0.15, -0.1) is 0 Å². The maximum Gasteiger partial charge on any atom is 0.257 e. The third-order valence-corrected chi connectivity index (χ3v) is 8.05. The zero-order chi connectivity index (χ0) is 23.6. The summed E-state index contributed by atoms with van der Waals surface area (Å²) in [6.07, 6.45) is 0. The number of halogens is 1. The quantitative estimate of drug-likeness (QED) is 0.570. The number of hydrogen-bond donors (Lipinski definition) is 1. The third-order valence-electron chi connectivity index (χ3n) is 5.82. The molecule has 1 aliphatic rings. The molecule has 3 aromatic carbocycles. The van der Waals surface area contributed by atoms with Gasteiger partial charge < -0.3 is 10.2 Å². The fourth-order valence-corrected chi connectivity index (χ4v) is 5.53. The smallest absolute Gasteiger partial charge is 0.257 e. The highest BCUT2D eigenvalue weighted by Gasteiger charge is 2.29. The summed E-state index contributed by atoms with van der Waals surface area (Å²) in [5, 5.41) is 3.05. The summed E-state index contributed by atoms with van der Waals surface area (Å²) in [6.45, 7) is 5.75. The Morgan fingerprint density at radius 2 is 1.61 bits per heavy atom. The molecule has 1 amide bonds. The van der Waals surface area contributed by atoms with E-state index < -0.39 is 15.9 Å². The Hall–Kier alpha value is -2.87. The Labute approximate surface area is 199 Å². The van der Waals surface area contributed by atoms with Gasteiger partial charge in [-0.05, 0) is 61.4 Å². The summed E-state index contributed by atoms with van der Waals surface area (Å²) in [5.41, 5.74) is 3.78. The highest BCUT2D eigenvalue weighted by Crippen LogP contribution is 2.26. The molecule has 4 rings (SSSR count). The topological polar surface area (TPSA) is 69.7 Å². The van der Waals surface area contributed by atoms with Gasteiger partial charge in [0.1, 0.15) is 0 Å². The van der Waals surface area contributed by atoms with Gasteiger partial charge in [-0.3, -0.25) is 4.79 Å². The molecule has 0 bridgehead atoms. The van der Waals surface area contributed by atoms with Crippen molar-refractivity contribution >= 4 is 38.9 Å². The van der Waals surface area contributed by atoms with Crippen molar-refractivity contribution in [3.63, 3.8) is 0 Å². The summed E-state index contributed by atoms with van der Waals surface area (Å²) < 4.78 is 28.1. The predicted molar refractivity (Wildman–Crippen MR) is 133 cm³/mol. The zero-order valence-electron chi connectivity index (χ0n) is 18.6. The number of carbonyl (C=O) groups excluding carboxylic acids is 1. The van der Waals surface area contributed by atoms with Crippen LogP contribution in [0.15, 0.2) is 71.6 Å². The van der Waals surface area contributed by atoms with E-state index in [-0.39, 0.29) is 15.5 Å². The minimum absolute atomic E-state index is 0.0613. The lowest BCUT2D eigenvalue weighted by Gasteiger charge is -2.35. The van der Waals surface area contributed by atoms with Crippen molar-refractivity contribution in [3.8, 4) is 0 Å². The average Bonchev–Trinajstić information content (AvgIpc) is 2.82. The number of piperazine rings is 1. The summed E-state index contributed by atoms with van der Waals surface area (Å²) >= 11 is 6.28. The van der Waals surface area contributed by atoms with Crippen LogP contribution in [0.5, 0.6) is 0 Å². The molecule has 0 spiro atoms. The molecular weight excluding hydrogens is 458 g/mol. The number of para-hydroxylation sites is 1. The molecule has 0 unspecified atom stereocenters. The van der Waals surface area contributed by atoms with E-state index in [0.29, 0.717) is 31.9 Å². The number of anilines is 2. The number of nitrogens with one attached hydrogen (secondary N) is 1. The minimum atomic E-state index is -3.76. The van der Waals surface area contributed by atoms with Crippen molar-refractivity contribution in [2.75, 3.05) is 36.4 Å². The van der Waals surface area contributed by atoms with Crippen molar-refractivity contribution in [2.45, 2.75) is 18.7 Å². The van der Waals surface area contributed by atoms with Crippen molar-refractivity contribution in [3.05, 3.63) is 88.4 Å². The van der Waals surface area contributed by atoms with E-state index in [1.54, 1.807) is 0 Å². The van der Waals surface area contributed by atoms with E-state index in [0.717, 1.165) is 16.8 Å². The van der Waals surface area contributed by atoms with Crippen LogP contribution in [0, 0.1) is 13.8 Å². The van der Waals surface area contributed by atoms with Crippen LogP contribution >= 0.6 is 11.6 Å². The second-order valence-electron chi connectivity index (χ2n) is 8.14. The Morgan fingerprint density at radius 3 is 2.30 bits per heavy atom. The maximum atomic E-state index is 13.3. The first-order valence-corrected chi connectivity index (χ1v) is 12.6. The predicted octanol–water partition coefficient (Wildman–Crippen LogP) is 4.72. The number of benzene rings is 3. The first kappa shape index (κ1) is 23.3. The van der Waals surface area contributed by atoms with E-state index in [2.05, 4.69) is 10.2 Å². The van der Waals surface area contributed by atoms with Crippen molar-refractivity contribution in [1.82, 2.24) is 4.31 Å². The van der Waals surface area contributed by atoms with E-state index in [9.17, 15) is 13.2 Å². The standard InChI is InChI=1S/C25H26ClN3O3S/c1-18-8-9-19(2)24(16-18)27-25(30)22-17-21(10-11-23(22)26)33(31,32)29-14-12-28(13-15-29)20-6-4-3-5-7-20/h3-11,16-17H,12-15H2,1-2H3,(H,27,30). The fraction of sp³-hybridized carbons (Fsp3) is 0.240. The summed E-state index contributed by atoms with van der Waals surface area (Å²) in [7, 11) is -3.76. The van der Waals surface area contributed by atoms with Crippen LogP contribution in [-0.2, 0) is 10.0 Å². The third kappa shape index (κ3) is 5.05. The van der Waals surface area contributed by atoms with Crippen molar-refractivity contribution < 1.29 is 13.2 Å². The molecule has 8 heteroatoms. The van der Waals surface area contributed by atoms with Gasteiger partial charge in [0.05, 0.1) is 15.5 Å². The number of aryl methyl sites for hydroxylation is 2. The van der Waals surface area contributed by atoms with Crippen LogP contribution in [0.1, 0.15) is 21.5 Å². The number of carbonyl (C=O) groups is 1. The molecule has 0 saturated carbocycles. The molecule has 0 aromatic heterocycles. The molecule has 0 atom stereocenters. The lowest BCUT2D eigenvalue weighted by atomic mass is 10.1. The van der Waals surface area contributed by atoms with Crippen LogP contribution in [0.3, 0.4) is 0 Å². The van der Waals surface area contributed by atoms with Crippen molar-refractivity contribution in [2.24, 2.45) is 0 Å². The highest BCUT2D eigenvalue weighted by molar-refractivity contribution is 7.89. The Balaban J connectivity index is 1.53. The van der Waals surface area contributed by atoms with Gasteiger partial charge in [0.15, 0.2) is 0 Å². The number of amides is 1. The Kier molecular flexibility index (Phi) is 6.74. The van der Waals surface area contributed by atoms with E-state index in [1.807, 2.05) is 62.4 Å². The minimum Gasteiger partial charge on any atom is -0.369 e. The van der Waals surface area contributed by atoms with Gasteiger partial charge in [0.25, 0.3) is 5.91 Å². The molecule has 6 nitrogen and oxygen atoms in total. The molecular formula is C25H26ClN3O3S. The number of nitrogens with zero attached hydrogens (tertiary/aromatic N) is 2. The molecule has 1 fully saturated rings. The van der Waals surface area contributed by atoms with Crippen LogP contribution in [0.4, 0.5) is 11.4 Å². The first-order chi connectivity index (χ1) is 15.8. The van der Waals surface area contributed by atoms with Gasteiger partial charge in [-0.25, -0.2) is 8.42 Å². The molecule has 0 aliphatic carbocycles. The molecule has 33 heavy (non-hydrogen) atoms. The highest BCUT2D eigenvalue weighted by atomic mass is 35.5. The molecule has 1 heterocycles. The lowest BCUT2D eigenvalue weighted by molar-refractivity contribution is 0.102. The van der Waals surface area contributed by atoms with Crippen LogP contribution < -0.4 is 10.2 Å². The molecule has 1 aliphatic heterocycles. The zero-order valence-corrected chi connectivity index (χ0v) is 20.2. The van der Waals surface area contributed by atoms with E-state index in [4.69, 9.17) is 11.6 Å². The maximum absolute atomic E-state index is 13.3. The summed E-state index contributed by atoms with van der Waals surface area (Å²) in [5.74, 6) is -0.445. The molecule has 3 aromatic rings. The lowest BCUT2D eigenvalue weighted by Crippen LogP contribution is -2.48. The molecule has 1 saturated heterocycles.